The van der Waals surface area contributed by atoms with Crippen molar-refractivity contribution in [1.29, 1.82) is 0 Å². The van der Waals surface area contributed by atoms with E-state index < -0.39 is 0 Å². The van der Waals surface area contributed by atoms with Crippen molar-refractivity contribution in [3.8, 4) is 0 Å². The summed E-state index contributed by atoms with van der Waals surface area (Å²) in [4.78, 5) is 4.31. The Morgan fingerprint density at radius 2 is 2.33 bits per heavy atom. The van der Waals surface area contributed by atoms with E-state index in [9.17, 15) is 0 Å². The number of thiazole rings is 1. The second kappa shape index (κ2) is 6.20. The van der Waals surface area contributed by atoms with Crippen molar-refractivity contribution in [2.45, 2.75) is 20.3 Å². The van der Waals surface area contributed by atoms with Gasteiger partial charge in [0.1, 0.15) is 0 Å². The summed E-state index contributed by atoms with van der Waals surface area (Å²) in [5.74, 6) is 0. The molecule has 0 aliphatic rings. The van der Waals surface area contributed by atoms with Gasteiger partial charge in [0.15, 0.2) is 0 Å². The monoisotopic (exact) mass is 228 g/mol. The van der Waals surface area contributed by atoms with Crippen LogP contribution in [0.25, 0.3) is 0 Å². The van der Waals surface area contributed by atoms with Crippen LogP contribution in [0.3, 0.4) is 0 Å². The lowest BCUT2D eigenvalue weighted by Gasteiger charge is -2.23. The normalized spacial score (nSPS) is 11.9. The van der Waals surface area contributed by atoms with Gasteiger partial charge in [-0.1, -0.05) is 13.8 Å². The van der Waals surface area contributed by atoms with Crippen LogP contribution in [0, 0.1) is 5.41 Å². The molecule has 4 heteroatoms. The fourth-order valence-corrected chi connectivity index (χ4v) is 2.29. The summed E-state index contributed by atoms with van der Waals surface area (Å²) in [5.41, 5.74) is 0.256. The Balaban J connectivity index is 2.25. The highest BCUT2D eigenvalue weighted by Gasteiger charge is 2.19. The average molecular weight is 228 g/mol. The minimum atomic E-state index is 0.256. The van der Waals surface area contributed by atoms with Crippen molar-refractivity contribution in [3.05, 3.63) is 16.6 Å². The summed E-state index contributed by atoms with van der Waals surface area (Å²) in [6.07, 6.45) is 2.90. The SMILES string of the molecule is COCCNCC(C)(C)Cc1nccs1. The average Bonchev–Trinajstić information content (AvgIpc) is 2.64. The van der Waals surface area contributed by atoms with E-state index in [1.807, 2.05) is 11.6 Å². The third-order valence-electron chi connectivity index (χ3n) is 2.20. The predicted octanol–water partition coefficient (Wildman–Crippen LogP) is 1.95. The van der Waals surface area contributed by atoms with E-state index in [1.54, 1.807) is 18.4 Å². The molecule has 0 aliphatic heterocycles. The van der Waals surface area contributed by atoms with E-state index >= 15 is 0 Å². The molecule has 0 fully saturated rings. The van der Waals surface area contributed by atoms with Crippen molar-refractivity contribution >= 4 is 11.3 Å². The maximum atomic E-state index is 4.99. The maximum Gasteiger partial charge on any atom is 0.0930 e. The molecular formula is C11H20N2OS. The number of hydrogen-bond donors (Lipinski definition) is 1. The Morgan fingerprint density at radius 3 is 2.93 bits per heavy atom. The number of hydrogen-bond acceptors (Lipinski definition) is 4. The van der Waals surface area contributed by atoms with Crippen LogP contribution in [0.15, 0.2) is 11.6 Å². The summed E-state index contributed by atoms with van der Waals surface area (Å²) >= 11 is 1.73. The molecule has 15 heavy (non-hydrogen) atoms. The fraction of sp³-hybridized carbons (Fsp3) is 0.727. The van der Waals surface area contributed by atoms with Crippen molar-refractivity contribution in [2.75, 3.05) is 26.8 Å². The zero-order chi connectivity index (χ0) is 11.1. The molecule has 0 bridgehead atoms. The number of nitrogens with one attached hydrogen (secondary N) is 1. The van der Waals surface area contributed by atoms with Crippen molar-refractivity contribution < 1.29 is 4.74 Å². The van der Waals surface area contributed by atoms with E-state index in [0.717, 1.165) is 26.1 Å². The molecule has 0 atom stereocenters. The Bertz CT molecular complexity index is 260. The Morgan fingerprint density at radius 1 is 1.53 bits per heavy atom. The van der Waals surface area contributed by atoms with Crippen LogP contribution in [0.5, 0.6) is 0 Å². The number of ether oxygens (including phenoxy) is 1. The van der Waals surface area contributed by atoms with Gasteiger partial charge in [0.2, 0.25) is 0 Å². The molecule has 0 saturated carbocycles. The van der Waals surface area contributed by atoms with E-state index in [-0.39, 0.29) is 5.41 Å². The highest BCUT2D eigenvalue weighted by Crippen LogP contribution is 2.21. The number of aromatic nitrogens is 1. The van der Waals surface area contributed by atoms with Crippen LogP contribution in [-0.2, 0) is 11.2 Å². The molecular weight excluding hydrogens is 208 g/mol. The van der Waals surface area contributed by atoms with E-state index in [4.69, 9.17) is 4.74 Å². The molecule has 0 spiro atoms. The highest BCUT2D eigenvalue weighted by molar-refractivity contribution is 7.09. The van der Waals surface area contributed by atoms with Gasteiger partial charge in [-0.25, -0.2) is 4.98 Å². The third kappa shape index (κ3) is 5.25. The van der Waals surface area contributed by atoms with Gasteiger partial charge in [0.05, 0.1) is 11.6 Å². The molecule has 1 heterocycles. The lowest BCUT2D eigenvalue weighted by Crippen LogP contribution is -2.33. The molecule has 0 amide bonds. The molecule has 0 aromatic carbocycles. The predicted molar refractivity (Wildman–Crippen MR) is 64.3 cm³/mol. The van der Waals surface area contributed by atoms with Gasteiger partial charge in [0, 0.05) is 38.2 Å². The minimum absolute atomic E-state index is 0.256. The molecule has 0 aliphatic carbocycles. The van der Waals surface area contributed by atoms with Gasteiger partial charge in [-0.3, -0.25) is 0 Å². The minimum Gasteiger partial charge on any atom is -0.383 e. The first-order valence-electron chi connectivity index (χ1n) is 5.22. The van der Waals surface area contributed by atoms with Crippen molar-refractivity contribution in [2.24, 2.45) is 5.41 Å². The zero-order valence-electron chi connectivity index (χ0n) is 9.75. The van der Waals surface area contributed by atoms with Gasteiger partial charge in [0.25, 0.3) is 0 Å². The highest BCUT2D eigenvalue weighted by atomic mass is 32.1. The van der Waals surface area contributed by atoms with E-state index in [0.29, 0.717) is 0 Å². The summed E-state index contributed by atoms with van der Waals surface area (Å²) in [7, 11) is 1.72. The summed E-state index contributed by atoms with van der Waals surface area (Å²) in [6.45, 7) is 7.20. The number of methoxy groups -OCH3 is 1. The topological polar surface area (TPSA) is 34.1 Å². The van der Waals surface area contributed by atoms with Gasteiger partial charge in [-0.15, -0.1) is 11.3 Å². The first-order chi connectivity index (χ1) is 7.14. The van der Waals surface area contributed by atoms with Crippen molar-refractivity contribution in [3.63, 3.8) is 0 Å². The Kier molecular flexibility index (Phi) is 5.22. The molecule has 86 valence electrons. The number of nitrogens with zero attached hydrogens (tertiary/aromatic N) is 1. The Labute approximate surface area is 95.9 Å². The van der Waals surface area contributed by atoms with Gasteiger partial charge >= 0.3 is 0 Å². The second-order valence-electron chi connectivity index (χ2n) is 4.44. The molecule has 1 aromatic heterocycles. The first kappa shape index (κ1) is 12.6. The van der Waals surface area contributed by atoms with Crippen molar-refractivity contribution in [1.82, 2.24) is 10.3 Å². The second-order valence-corrected chi connectivity index (χ2v) is 5.42. The van der Waals surface area contributed by atoms with Crippen LogP contribution in [0.2, 0.25) is 0 Å². The van der Waals surface area contributed by atoms with Gasteiger partial charge in [-0.2, -0.15) is 0 Å². The van der Waals surface area contributed by atoms with E-state index in [2.05, 4.69) is 24.1 Å². The molecule has 1 N–H and O–H groups in total. The van der Waals surface area contributed by atoms with Gasteiger partial charge in [-0.05, 0) is 5.41 Å². The van der Waals surface area contributed by atoms with Gasteiger partial charge < -0.3 is 10.1 Å². The quantitative estimate of drug-likeness (QED) is 0.724. The maximum absolute atomic E-state index is 4.99. The van der Waals surface area contributed by atoms with Crippen LogP contribution >= 0.6 is 11.3 Å². The third-order valence-corrected chi connectivity index (χ3v) is 2.98. The van der Waals surface area contributed by atoms with E-state index in [1.165, 1.54) is 5.01 Å². The summed E-state index contributed by atoms with van der Waals surface area (Å²) in [5, 5.41) is 6.64. The smallest absolute Gasteiger partial charge is 0.0930 e. The van der Waals surface area contributed by atoms with Crippen LogP contribution < -0.4 is 5.32 Å². The molecule has 0 saturated heterocycles. The molecule has 0 radical (unpaired) electrons. The molecule has 1 aromatic rings. The van der Waals surface area contributed by atoms with Crippen LogP contribution in [0.1, 0.15) is 18.9 Å². The standard InChI is InChI=1S/C11H20N2OS/c1-11(2,9-12-4-6-14-3)8-10-13-5-7-15-10/h5,7,12H,4,6,8-9H2,1-3H3. The molecule has 1 rings (SSSR count). The Hall–Kier alpha value is -0.450. The first-order valence-corrected chi connectivity index (χ1v) is 6.10. The number of rotatable bonds is 7. The summed E-state index contributed by atoms with van der Waals surface area (Å²) in [6, 6.07) is 0. The molecule has 0 unspecified atom stereocenters. The zero-order valence-corrected chi connectivity index (χ0v) is 10.6. The lowest BCUT2D eigenvalue weighted by molar-refractivity contribution is 0.194. The summed E-state index contributed by atoms with van der Waals surface area (Å²) < 4.78 is 4.99. The fourth-order valence-electron chi connectivity index (χ4n) is 1.41. The van der Waals surface area contributed by atoms with Crippen LogP contribution in [-0.4, -0.2) is 31.8 Å². The van der Waals surface area contributed by atoms with Crippen LogP contribution in [0.4, 0.5) is 0 Å². The lowest BCUT2D eigenvalue weighted by atomic mass is 9.89. The largest absolute Gasteiger partial charge is 0.383 e. The molecule has 3 nitrogen and oxygen atoms in total.